The predicted octanol–water partition coefficient (Wildman–Crippen LogP) is 0.554. The van der Waals surface area contributed by atoms with Crippen molar-refractivity contribution in [3.05, 3.63) is 0 Å². The van der Waals surface area contributed by atoms with Crippen molar-refractivity contribution in [2.24, 2.45) is 5.41 Å². The number of piperidine rings is 1. The number of carboxylic acids is 1. The summed E-state index contributed by atoms with van der Waals surface area (Å²) in [7, 11) is 0. The average molecular weight is 201 g/mol. The lowest BCUT2D eigenvalue weighted by Gasteiger charge is -2.40. The van der Waals surface area contributed by atoms with E-state index < -0.39 is 11.4 Å². The Morgan fingerprint density at radius 1 is 1.64 bits per heavy atom. The van der Waals surface area contributed by atoms with E-state index in [0.717, 1.165) is 19.4 Å². The highest BCUT2D eigenvalue weighted by Crippen LogP contribution is 2.30. The van der Waals surface area contributed by atoms with Crippen LogP contribution >= 0.6 is 0 Å². The fourth-order valence-corrected chi connectivity index (χ4v) is 1.94. The first-order valence-electron chi connectivity index (χ1n) is 5.08. The van der Waals surface area contributed by atoms with Gasteiger partial charge in [0.05, 0.1) is 12.0 Å². The summed E-state index contributed by atoms with van der Waals surface area (Å²) in [6.07, 6.45) is 1.63. The maximum absolute atomic E-state index is 11.0. The van der Waals surface area contributed by atoms with E-state index >= 15 is 0 Å². The summed E-state index contributed by atoms with van der Waals surface area (Å²) >= 11 is 0. The van der Waals surface area contributed by atoms with E-state index in [9.17, 15) is 4.79 Å². The molecule has 1 heterocycles. The molecule has 1 aliphatic rings. The van der Waals surface area contributed by atoms with Crippen LogP contribution in [0.1, 0.15) is 26.7 Å². The minimum atomic E-state index is -0.729. The summed E-state index contributed by atoms with van der Waals surface area (Å²) < 4.78 is 0. The summed E-state index contributed by atoms with van der Waals surface area (Å²) in [5.41, 5.74) is -0.637. The molecule has 4 nitrogen and oxygen atoms in total. The van der Waals surface area contributed by atoms with E-state index in [1.807, 2.05) is 6.92 Å². The second-order valence-electron chi connectivity index (χ2n) is 4.47. The van der Waals surface area contributed by atoms with E-state index in [-0.39, 0.29) is 12.6 Å². The number of hydrogen-bond acceptors (Lipinski definition) is 3. The highest BCUT2D eigenvalue weighted by Gasteiger charge is 2.38. The molecule has 1 saturated heterocycles. The number of nitrogens with zero attached hydrogens (tertiary/aromatic N) is 1. The molecule has 0 bridgehead atoms. The van der Waals surface area contributed by atoms with Gasteiger partial charge in [0.1, 0.15) is 0 Å². The molecule has 0 aromatic carbocycles. The third-order valence-electron chi connectivity index (χ3n) is 3.13. The summed E-state index contributed by atoms with van der Waals surface area (Å²) in [5.74, 6) is -0.729. The summed E-state index contributed by atoms with van der Waals surface area (Å²) in [4.78, 5) is 13.1. The molecule has 2 atom stereocenters. The van der Waals surface area contributed by atoms with Gasteiger partial charge in [-0.1, -0.05) is 0 Å². The molecule has 0 spiro atoms. The van der Waals surface area contributed by atoms with Crippen LogP contribution in [0.3, 0.4) is 0 Å². The van der Waals surface area contributed by atoms with Crippen molar-refractivity contribution < 1.29 is 15.0 Å². The Labute approximate surface area is 84.5 Å². The van der Waals surface area contributed by atoms with Crippen molar-refractivity contribution in [2.45, 2.75) is 32.7 Å². The molecule has 14 heavy (non-hydrogen) atoms. The average Bonchev–Trinajstić information content (AvgIpc) is 2.16. The molecule has 0 aromatic rings. The van der Waals surface area contributed by atoms with Crippen LogP contribution in [0.25, 0.3) is 0 Å². The Kier molecular flexibility index (Phi) is 3.50. The van der Waals surface area contributed by atoms with Crippen LogP contribution in [-0.4, -0.2) is 46.8 Å². The third-order valence-corrected chi connectivity index (χ3v) is 3.13. The zero-order valence-electron chi connectivity index (χ0n) is 8.86. The standard InChI is InChI=1S/C10H19NO3/c1-8(6-12)11-5-3-4-10(2,7-11)9(13)14/h8,12H,3-7H2,1-2H3,(H,13,14). The SMILES string of the molecule is CC(CO)N1CCCC(C)(C(=O)O)C1. The molecule has 2 unspecified atom stereocenters. The van der Waals surface area contributed by atoms with Crippen molar-refractivity contribution in [3.8, 4) is 0 Å². The van der Waals surface area contributed by atoms with Gasteiger partial charge in [-0.3, -0.25) is 9.69 Å². The van der Waals surface area contributed by atoms with Gasteiger partial charge in [0.25, 0.3) is 0 Å². The van der Waals surface area contributed by atoms with Gasteiger partial charge < -0.3 is 10.2 Å². The Hall–Kier alpha value is -0.610. The Balaban J connectivity index is 2.64. The van der Waals surface area contributed by atoms with Crippen molar-refractivity contribution in [3.63, 3.8) is 0 Å². The van der Waals surface area contributed by atoms with E-state index in [0.29, 0.717) is 6.54 Å². The molecule has 0 saturated carbocycles. The quantitative estimate of drug-likeness (QED) is 0.700. The molecule has 0 radical (unpaired) electrons. The Bertz CT molecular complexity index is 219. The molecule has 1 aliphatic heterocycles. The largest absolute Gasteiger partial charge is 0.481 e. The van der Waals surface area contributed by atoms with Crippen molar-refractivity contribution in [2.75, 3.05) is 19.7 Å². The van der Waals surface area contributed by atoms with E-state index in [1.54, 1.807) is 6.92 Å². The molecular formula is C10H19NO3. The van der Waals surface area contributed by atoms with E-state index in [4.69, 9.17) is 10.2 Å². The molecule has 0 aliphatic carbocycles. The highest BCUT2D eigenvalue weighted by atomic mass is 16.4. The van der Waals surface area contributed by atoms with Gasteiger partial charge in [-0.15, -0.1) is 0 Å². The maximum atomic E-state index is 11.0. The Morgan fingerprint density at radius 2 is 2.29 bits per heavy atom. The number of carbonyl (C=O) groups is 1. The summed E-state index contributed by atoms with van der Waals surface area (Å²) in [6.45, 7) is 5.24. The molecule has 82 valence electrons. The number of hydrogen-bond donors (Lipinski definition) is 2. The first kappa shape index (κ1) is 11.5. The summed E-state index contributed by atoms with van der Waals surface area (Å²) in [6, 6.07) is 0.0639. The zero-order valence-corrected chi connectivity index (χ0v) is 8.86. The minimum Gasteiger partial charge on any atom is -0.481 e. The second kappa shape index (κ2) is 4.28. The lowest BCUT2D eigenvalue weighted by Crippen LogP contribution is -2.50. The molecule has 1 rings (SSSR count). The van der Waals surface area contributed by atoms with Crippen LogP contribution in [-0.2, 0) is 4.79 Å². The lowest BCUT2D eigenvalue weighted by atomic mass is 9.81. The fraction of sp³-hybridized carbons (Fsp3) is 0.900. The van der Waals surface area contributed by atoms with Crippen LogP contribution < -0.4 is 0 Å². The zero-order chi connectivity index (χ0) is 10.8. The number of aliphatic carboxylic acids is 1. The summed E-state index contributed by atoms with van der Waals surface area (Å²) in [5, 5.41) is 18.1. The van der Waals surface area contributed by atoms with E-state index in [2.05, 4.69) is 4.90 Å². The smallest absolute Gasteiger partial charge is 0.310 e. The van der Waals surface area contributed by atoms with Crippen LogP contribution in [0.5, 0.6) is 0 Å². The monoisotopic (exact) mass is 201 g/mol. The van der Waals surface area contributed by atoms with Gasteiger partial charge >= 0.3 is 5.97 Å². The third kappa shape index (κ3) is 2.25. The van der Waals surface area contributed by atoms with Crippen molar-refractivity contribution in [1.82, 2.24) is 4.90 Å². The van der Waals surface area contributed by atoms with Gasteiger partial charge in [0, 0.05) is 12.6 Å². The van der Waals surface area contributed by atoms with Gasteiger partial charge in [-0.25, -0.2) is 0 Å². The van der Waals surface area contributed by atoms with Gasteiger partial charge in [0.15, 0.2) is 0 Å². The van der Waals surface area contributed by atoms with Crippen LogP contribution in [0, 0.1) is 5.41 Å². The molecule has 2 N–H and O–H groups in total. The van der Waals surface area contributed by atoms with Crippen LogP contribution in [0.15, 0.2) is 0 Å². The number of rotatable bonds is 3. The maximum Gasteiger partial charge on any atom is 0.310 e. The first-order chi connectivity index (χ1) is 6.49. The number of carboxylic acid groups (broad SMARTS) is 1. The molecule has 1 fully saturated rings. The van der Waals surface area contributed by atoms with Gasteiger partial charge in [-0.2, -0.15) is 0 Å². The Morgan fingerprint density at radius 3 is 2.79 bits per heavy atom. The molecular weight excluding hydrogens is 182 g/mol. The lowest BCUT2D eigenvalue weighted by molar-refractivity contribution is -0.151. The number of aliphatic hydroxyl groups is 1. The normalized spacial score (nSPS) is 31.4. The van der Waals surface area contributed by atoms with Crippen LogP contribution in [0.2, 0.25) is 0 Å². The molecule has 4 heteroatoms. The minimum absolute atomic E-state index is 0.0639. The van der Waals surface area contributed by atoms with E-state index in [1.165, 1.54) is 0 Å². The van der Waals surface area contributed by atoms with Crippen LogP contribution in [0.4, 0.5) is 0 Å². The topological polar surface area (TPSA) is 60.8 Å². The highest BCUT2D eigenvalue weighted by molar-refractivity contribution is 5.74. The first-order valence-corrected chi connectivity index (χ1v) is 5.08. The van der Waals surface area contributed by atoms with Crippen molar-refractivity contribution in [1.29, 1.82) is 0 Å². The van der Waals surface area contributed by atoms with Crippen molar-refractivity contribution >= 4 is 5.97 Å². The predicted molar refractivity (Wildman–Crippen MR) is 53.1 cm³/mol. The molecule has 0 amide bonds. The number of likely N-dealkylation sites (tertiary alicyclic amines) is 1. The fourth-order valence-electron chi connectivity index (χ4n) is 1.94. The number of aliphatic hydroxyl groups excluding tert-OH is 1. The van der Waals surface area contributed by atoms with Gasteiger partial charge in [-0.05, 0) is 33.2 Å². The molecule has 0 aromatic heterocycles. The second-order valence-corrected chi connectivity index (χ2v) is 4.47. The van der Waals surface area contributed by atoms with Gasteiger partial charge in [0.2, 0.25) is 0 Å².